The monoisotopic (exact) mass is 890 g/mol. The summed E-state index contributed by atoms with van der Waals surface area (Å²) in [7, 11) is 0. The molecule has 0 radical (unpaired) electrons. The summed E-state index contributed by atoms with van der Waals surface area (Å²) in [5, 5.41) is 9.89. The van der Waals surface area contributed by atoms with Crippen molar-refractivity contribution >= 4 is 87.2 Å². The number of benzene rings is 11. The van der Waals surface area contributed by atoms with Crippen molar-refractivity contribution < 1.29 is 0 Å². The zero-order valence-electron chi connectivity index (χ0n) is 38.0. The van der Waals surface area contributed by atoms with Gasteiger partial charge >= 0.3 is 0 Å². The Kier molecular flexibility index (Phi) is 8.33. The molecular weight excluding hydrogens is 849 g/mol. The summed E-state index contributed by atoms with van der Waals surface area (Å²) < 4.78 is 9.67. The topological polar surface area (TPSA) is 19.7 Å². The van der Waals surface area contributed by atoms with Crippen LogP contribution in [0.3, 0.4) is 0 Å². The molecule has 11 aromatic carbocycles. The third kappa shape index (κ3) is 5.71. The van der Waals surface area contributed by atoms with Crippen LogP contribution in [0.5, 0.6) is 0 Å². The molecule has 15 rings (SSSR count). The minimum Gasteiger partial charge on any atom is -0.309 e. The van der Waals surface area contributed by atoms with Gasteiger partial charge < -0.3 is 18.3 Å². The summed E-state index contributed by atoms with van der Waals surface area (Å²) in [5.74, 6) is 0. The maximum Gasteiger partial charge on any atom is 0.0542 e. The van der Waals surface area contributed by atoms with Gasteiger partial charge in [-0.1, -0.05) is 140 Å². The number of hydrogen-bond donors (Lipinski definition) is 0. The minimum atomic E-state index is 1.13. The Labute approximate surface area is 403 Å². The third-order valence-corrected chi connectivity index (χ3v) is 14.7. The molecule has 0 atom stereocenters. The van der Waals surface area contributed by atoms with Gasteiger partial charge in [-0.15, -0.1) is 0 Å². The highest BCUT2D eigenvalue weighted by Crippen LogP contribution is 2.42. The number of para-hydroxylation sites is 7. The summed E-state index contributed by atoms with van der Waals surface area (Å²) in [6.45, 7) is 0. The van der Waals surface area contributed by atoms with Gasteiger partial charge in [-0.05, 0) is 138 Å². The first kappa shape index (κ1) is 38.7. The maximum absolute atomic E-state index is 2.45. The Balaban J connectivity index is 0.946. The molecule has 4 heteroatoms. The molecule has 4 nitrogen and oxygen atoms in total. The SMILES string of the molecule is c1ccc(-n2c3ccccc3c3cc(-c4cc(-c5ccc6c(c5)c5ccccc5n6-c5ccc6c(c5)c5ccccc5n6-c5ccccc5)cc(-n5c6ccccc6c6ccccc65)c4)ccc32)cc1. The molecule has 0 saturated heterocycles. The lowest BCUT2D eigenvalue weighted by Crippen LogP contribution is -1.96. The highest BCUT2D eigenvalue weighted by molar-refractivity contribution is 6.14. The standard InChI is InChI=1S/C66H42N4/c1-3-17-47(18-4-1)67-61-28-14-9-23-53(61)56-40-43(31-34-64(56)67)45-37-46(39-50(38-45)70-59-26-12-7-21-51(59)52-22-8-13-27-60(52)70)44-32-35-65-57(41-44)54-24-10-16-30-63(54)69(65)49-33-36-66-58(42-49)55-25-11-15-29-62(55)68(66)48-19-5-2-6-20-48/h1-42H. The van der Waals surface area contributed by atoms with Gasteiger partial charge in [0.2, 0.25) is 0 Å². The van der Waals surface area contributed by atoms with E-state index in [4.69, 9.17) is 0 Å². The van der Waals surface area contributed by atoms with Crippen molar-refractivity contribution in [3.8, 4) is 45.0 Å². The average Bonchev–Trinajstić information content (AvgIpc) is 4.16. The Hall–Kier alpha value is -9.38. The van der Waals surface area contributed by atoms with E-state index in [-0.39, 0.29) is 0 Å². The Morgan fingerprint density at radius 1 is 0.157 bits per heavy atom. The molecule has 0 unspecified atom stereocenters. The lowest BCUT2D eigenvalue weighted by molar-refractivity contribution is 1.16. The van der Waals surface area contributed by atoms with Crippen LogP contribution in [0.25, 0.3) is 132 Å². The van der Waals surface area contributed by atoms with E-state index >= 15 is 0 Å². The molecule has 0 aliphatic heterocycles. The number of aromatic nitrogens is 4. The second kappa shape index (κ2) is 15.1. The summed E-state index contributed by atoms with van der Waals surface area (Å²) in [5.41, 5.74) is 18.8. The van der Waals surface area contributed by atoms with Gasteiger partial charge in [0.1, 0.15) is 0 Å². The highest BCUT2D eigenvalue weighted by atomic mass is 15.0. The molecule has 0 amide bonds. The smallest absolute Gasteiger partial charge is 0.0542 e. The van der Waals surface area contributed by atoms with E-state index in [0.29, 0.717) is 0 Å². The normalized spacial score (nSPS) is 12.0. The van der Waals surface area contributed by atoms with E-state index in [0.717, 1.165) is 28.3 Å². The van der Waals surface area contributed by atoms with Crippen molar-refractivity contribution in [3.05, 3.63) is 255 Å². The molecule has 4 heterocycles. The van der Waals surface area contributed by atoms with Crippen LogP contribution in [0.1, 0.15) is 0 Å². The van der Waals surface area contributed by atoms with Crippen LogP contribution < -0.4 is 0 Å². The fourth-order valence-corrected chi connectivity index (χ4v) is 11.7. The highest BCUT2D eigenvalue weighted by Gasteiger charge is 2.20. The van der Waals surface area contributed by atoms with Crippen molar-refractivity contribution in [2.24, 2.45) is 0 Å². The van der Waals surface area contributed by atoms with E-state index in [1.54, 1.807) is 0 Å². The molecule has 0 aliphatic rings. The minimum absolute atomic E-state index is 1.13. The van der Waals surface area contributed by atoms with E-state index in [9.17, 15) is 0 Å². The largest absolute Gasteiger partial charge is 0.309 e. The first-order valence-corrected chi connectivity index (χ1v) is 24.1. The first-order valence-electron chi connectivity index (χ1n) is 24.1. The molecule has 70 heavy (non-hydrogen) atoms. The van der Waals surface area contributed by atoms with Gasteiger partial charge in [-0.3, -0.25) is 0 Å². The van der Waals surface area contributed by atoms with Crippen LogP contribution in [0.15, 0.2) is 255 Å². The van der Waals surface area contributed by atoms with Gasteiger partial charge in [0.15, 0.2) is 0 Å². The Bertz CT molecular complexity index is 4530. The summed E-state index contributed by atoms with van der Waals surface area (Å²) in [4.78, 5) is 0. The van der Waals surface area contributed by atoms with Gasteiger partial charge in [0.25, 0.3) is 0 Å². The first-order chi connectivity index (χ1) is 34.7. The zero-order chi connectivity index (χ0) is 45.9. The number of nitrogens with zero attached hydrogens (tertiary/aromatic N) is 4. The van der Waals surface area contributed by atoms with Crippen LogP contribution in [0.4, 0.5) is 0 Å². The second-order valence-electron chi connectivity index (χ2n) is 18.5. The zero-order valence-corrected chi connectivity index (χ0v) is 38.0. The van der Waals surface area contributed by atoms with Crippen molar-refractivity contribution in [2.75, 3.05) is 0 Å². The van der Waals surface area contributed by atoms with Crippen molar-refractivity contribution in [3.63, 3.8) is 0 Å². The lowest BCUT2D eigenvalue weighted by atomic mass is 9.96. The summed E-state index contributed by atoms with van der Waals surface area (Å²) in [6.07, 6.45) is 0. The molecule has 0 aliphatic carbocycles. The van der Waals surface area contributed by atoms with E-state index in [1.165, 1.54) is 104 Å². The second-order valence-corrected chi connectivity index (χ2v) is 18.5. The van der Waals surface area contributed by atoms with Gasteiger partial charge in [-0.25, -0.2) is 0 Å². The molecule has 0 fully saturated rings. The van der Waals surface area contributed by atoms with Crippen molar-refractivity contribution in [1.29, 1.82) is 0 Å². The van der Waals surface area contributed by atoms with Gasteiger partial charge in [-0.2, -0.15) is 0 Å². The average molecular weight is 891 g/mol. The van der Waals surface area contributed by atoms with Gasteiger partial charge in [0.05, 0.1) is 44.1 Å². The molecular formula is C66H42N4. The Morgan fingerprint density at radius 2 is 0.457 bits per heavy atom. The maximum atomic E-state index is 2.45. The summed E-state index contributed by atoms with van der Waals surface area (Å²) >= 11 is 0. The van der Waals surface area contributed by atoms with Crippen molar-refractivity contribution in [2.45, 2.75) is 0 Å². The molecule has 326 valence electrons. The van der Waals surface area contributed by atoms with Crippen LogP contribution in [-0.2, 0) is 0 Å². The summed E-state index contributed by atoms with van der Waals surface area (Å²) in [6, 6.07) is 93.6. The van der Waals surface area contributed by atoms with Crippen LogP contribution in [0.2, 0.25) is 0 Å². The quantitative estimate of drug-likeness (QED) is 0.158. The molecule has 15 aromatic rings. The molecule has 4 aromatic heterocycles. The molecule has 0 saturated carbocycles. The van der Waals surface area contributed by atoms with Crippen molar-refractivity contribution in [1.82, 2.24) is 18.3 Å². The van der Waals surface area contributed by atoms with E-state index in [1.807, 2.05) is 0 Å². The molecule has 0 spiro atoms. The number of hydrogen-bond acceptors (Lipinski definition) is 0. The van der Waals surface area contributed by atoms with E-state index < -0.39 is 0 Å². The predicted molar refractivity (Wildman–Crippen MR) is 295 cm³/mol. The van der Waals surface area contributed by atoms with Gasteiger partial charge in [0, 0.05) is 65.8 Å². The fraction of sp³-hybridized carbons (Fsp3) is 0. The van der Waals surface area contributed by atoms with E-state index in [2.05, 4.69) is 273 Å². The predicted octanol–water partition coefficient (Wildman–Crippen LogP) is 17.4. The van der Waals surface area contributed by atoms with Crippen LogP contribution in [0, 0.1) is 0 Å². The molecule has 0 N–H and O–H groups in total. The Morgan fingerprint density at radius 3 is 0.871 bits per heavy atom. The number of fused-ring (bicyclic) bond motifs is 12. The van der Waals surface area contributed by atoms with Crippen LogP contribution in [-0.4, -0.2) is 18.3 Å². The van der Waals surface area contributed by atoms with Crippen LogP contribution >= 0.6 is 0 Å². The fourth-order valence-electron chi connectivity index (χ4n) is 11.7. The third-order valence-electron chi connectivity index (χ3n) is 14.7. The lowest BCUT2D eigenvalue weighted by Gasteiger charge is -2.15. The molecule has 0 bridgehead atoms. The number of rotatable bonds is 6.